The molecule has 0 unspecified atom stereocenters. The van der Waals surface area contributed by atoms with Crippen molar-refractivity contribution in [2.45, 2.75) is 31.5 Å². The number of nitrogens with zero attached hydrogens (tertiary/aromatic N) is 3. The fraction of sp³-hybridized carbons (Fsp3) is 0.400. The van der Waals surface area contributed by atoms with Crippen molar-refractivity contribution < 1.29 is 23.8 Å². The lowest BCUT2D eigenvalue weighted by atomic mass is 10.00. The first-order valence-electron chi connectivity index (χ1n) is 11.7. The van der Waals surface area contributed by atoms with Crippen LogP contribution in [0.25, 0.3) is 10.9 Å². The maximum absolute atomic E-state index is 14.6. The number of β-amino-alcohol motifs (C(OH)–C–C–N with tert-alkyl or cyclic N) is 1. The van der Waals surface area contributed by atoms with Crippen molar-refractivity contribution in [2.24, 2.45) is 0 Å². The number of piperidine rings is 1. The van der Waals surface area contributed by atoms with Gasteiger partial charge in [-0.15, -0.1) is 24.8 Å². The quantitative estimate of drug-likeness (QED) is 0.409. The van der Waals surface area contributed by atoms with Gasteiger partial charge in [0, 0.05) is 36.6 Å². The average molecular weight is 554 g/mol. The number of carbonyl (C=O) groups excluding carboxylic acids is 1. The number of carbonyl (C=O) groups is 1. The molecule has 2 aliphatic heterocycles. The van der Waals surface area contributed by atoms with Crippen molar-refractivity contribution in [3.05, 3.63) is 53.6 Å². The molecule has 0 spiro atoms. The highest BCUT2D eigenvalue weighted by Gasteiger charge is 2.28. The molecule has 1 saturated heterocycles. The van der Waals surface area contributed by atoms with Crippen LogP contribution in [0.2, 0.25) is 0 Å². The summed E-state index contributed by atoms with van der Waals surface area (Å²) < 4.78 is 25.3. The van der Waals surface area contributed by atoms with Crippen LogP contribution in [0, 0.1) is 5.82 Å². The van der Waals surface area contributed by atoms with Crippen LogP contribution in [0.15, 0.2) is 36.5 Å². The Balaban J connectivity index is 0.00000190. The van der Waals surface area contributed by atoms with Gasteiger partial charge in [-0.1, -0.05) is 0 Å². The second kappa shape index (κ2) is 12.7. The fourth-order valence-corrected chi connectivity index (χ4v) is 4.63. The average Bonchev–Trinajstić information content (AvgIpc) is 2.87. The van der Waals surface area contributed by atoms with Gasteiger partial charge in [0.25, 0.3) is 5.91 Å². The van der Waals surface area contributed by atoms with Gasteiger partial charge in [-0.25, -0.2) is 9.37 Å². The molecule has 2 atom stereocenters. The molecule has 1 aromatic carbocycles. The van der Waals surface area contributed by atoms with E-state index >= 15 is 0 Å². The number of fused-ring (bicyclic) bond motifs is 2. The van der Waals surface area contributed by atoms with Crippen LogP contribution in [0.3, 0.4) is 0 Å². The molecule has 3 N–H and O–H groups in total. The molecule has 1 fully saturated rings. The zero-order chi connectivity index (χ0) is 24.4. The zero-order valence-corrected chi connectivity index (χ0v) is 21.9. The molecule has 0 radical (unpaired) electrons. The number of rotatable bonds is 7. The van der Waals surface area contributed by atoms with Crippen LogP contribution in [-0.2, 0) is 17.8 Å². The third-order valence-electron chi connectivity index (χ3n) is 6.56. The van der Waals surface area contributed by atoms with E-state index in [2.05, 4.69) is 25.5 Å². The van der Waals surface area contributed by atoms with Gasteiger partial charge in [-0.05, 0) is 49.7 Å². The first-order chi connectivity index (χ1) is 17.0. The molecule has 1 amide bonds. The van der Waals surface area contributed by atoms with E-state index in [9.17, 15) is 14.3 Å². The van der Waals surface area contributed by atoms with Crippen LogP contribution < -0.4 is 20.1 Å². The van der Waals surface area contributed by atoms with Crippen LogP contribution in [0.1, 0.15) is 17.7 Å². The van der Waals surface area contributed by atoms with E-state index in [0.29, 0.717) is 48.9 Å². The van der Waals surface area contributed by atoms with E-state index in [0.717, 1.165) is 29.6 Å². The maximum Gasteiger partial charge on any atom is 0.263 e. The molecular weight excluding hydrogens is 524 g/mol. The van der Waals surface area contributed by atoms with E-state index in [1.165, 1.54) is 6.20 Å². The Labute approximate surface area is 226 Å². The lowest BCUT2D eigenvalue weighted by Crippen LogP contribution is -2.52. The van der Waals surface area contributed by atoms with Gasteiger partial charge in [-0.3, -0.25) is 9.78 Å². The Hall–Kier alpha value is -2.76. The Bertz CT molecular complexity index is 1250. The minimum absolute atomic E-state index is 0. The molecule has 9 nitrogen and oxygen atoms in total. The highest BCUT2D eigenvalue weighted by atomic mass is 35.5. The van der Waals surface area contributed by atoms with Gasteiger partial charge < -0.3 is 30.1 Å². The van der Waals surface area contributed by atoms with Crippen molar-refractivity contribution in [2.75, 3.05) is 38.7 Å². The molecule has 5 rings (SSSR count). The van der Waals surface area contributed by atoms with Crippen LogP contribution in [0.4, 0.5) is 10.2 Å². The number of aliphatic hydroxyl groups is 1. The number of likely N-dealkylation sites (tertiary alicyclic amines) is 1. The molecule has 0 aliphatic carbocycles. The Morgan fingerprint density at radius 2 is 2.14 bits per heavy atom. The second-order valence-corrected chi connectivity index (χ2v) is 8.85. The van der Waals surface area contributed by atoms with Crippen molar-refractivity contribution in [1.82, 2.24) is 20.2 Å². The normalized spacial score (nSPS) is 19.2. The summed E-state index contributed by atoms with van der Waals surface area (Å²) in [5.74, 6) is 1.08. The van der Waals surface area contributed by atoms with Crippen molar-refractivity contribution in [3.8, 4) is 11.5 Å². The van der Waals surface area contributed by atoms with Gasteiger partial charge in [0.15, 0.2) is 18.2 Å². The minimum Gasteiger partial charge on any atom is -0.497 e. The molecule has 0 saturated carbocycles. The zero-order valence-electron chi connectivity index (χ0n) is 20.3. The number of methoxy groups -OCH3 is 1. The predicted octanol–water partition coefficient (Wildman–Crippen LogP) is 2.72. The number of hydrogen-bond acceptors (Lipinski definition) is 8. The number of amides is 1. The highest BCUT2D eigenvalue weighted by Crippen LogP contribution is 2.27. The van der Waals surface area contributed by atoms with Crippen molar-refractivity contribution in [1.29, 1.82) is 0 Å². The summed E-state index contributed by atoms with van der Waals surface area (Å²) in [7, 11) is 1.58. The van der Waals surface area contributed by atoms with Crippen molar-refractivity contribution >= 4 is 47.4 Å². The Kier molecular flexibility index (Phi) is 9.86. The van der Waals surface area contributed by atoms with Crippen LogP contribution in [-0.4, -0.2) is 71.4 Å². The second-order valence-electron chi connectivity index (χ2n) is 8.85. The Morgan fingerprint density at radius 3 is 2.92 bits per heavy atom. The first-order valence-corrected chi connectivity index (χ1v) is 11.7. The molecule has 2 aliphatic rings. The number of aliphatic hydroxyl groups excluding tert-OH is 1. The van der Waals surface area contributed by atoms with E-state index in [4.69, 9.17) is 9.47 Å². The molecular formula is C25H30Cl2FN5O4. The Morgan fingerprint density at radius 1 is 1.30 bits per heavy atom. The molecule has 0 bridgehead atoms. The summed E-state index contributed by atoms with van der Waals surface area (Å²) in [6.07, 6.45) is 1.96. The lowest BCUT2D eigenvalue weighted by molar-refractivity contribution is -0.118. The number of benzene rings is 1. The number of nitrogens with one attached hydrogen (secondary N) is 2. The standard InChI is InChI=1S/C25H28FN5O4.2ClH/c1-34-16-3-4-20-18(10-16)17(19(26)12-28-20)6-8-31-9-7-21(22(32)13-31)27-11-15-2-5-23-25(29-15)30-24(33)14-35-23;;/h2-5,10,12,21-22,27,32H,6-9,11,13-14H2,1H3,(H,29,30,33);2*1H/t21-,22-;;/m0../s1. The number of ether oxygens (including phenoxy) is 2. The number of pyridine rings is 2. The predicted molar refractivity (Wildman–Crippen MR) is 143 cm³/mol. The van der Waals surface area contributed by atoms with Crippen LogP contribution in [0.5, 0.6) is 11.5 Å². The summed E-state index contributed by atoms with van der Waals surface area (Å²) in [5, 5.41) is 17.6. The SMILES string of the molecule is COc1ccc2ncc(F)c(CCN3CC[C@H](NCc4ccc5c(n4)NC(=O)CO5)[C@@H](O)C3)c2c1.Cl.Cl. The largest absolute Gasteiger partial charge is 0.497 e. The number of aromatic nitrogens is 2. The highest BCUT2D eigenvalue weighted by molar-refractivity contribution is 5.94. The van der Waals surface area contributed by atoms with Gasteiger partial charge in [-0.2, -0.15) is 0 Å². The third kappa shape index (κ3) is 6.58. The van der Waals surface area contributed by atoms with Gasteiger partial charge in [0.2, 0.25) is 0 Å². The summed E-state index contributed by atoms with van der Waals surface area (Å²) in [6, 6.07) is 9.00. The first kappa shape index (κ1) is 28.8. The van der Waals surface area contributed by atoms with Crippen molar-refractivity contribution in [3.63, 3.8) is 0 Å². The fourth-order valence-electron chi connectivity index (χ4n) is 4.63. The summed E-state index contributed by atoms with van der Waals surface area (Å²) in [4.78, 5) is 22.3. The lowest BCUT2D eigenvalue weighted by Gasteiger charge is -2.36. The van der Waals surface area contributed by atoms with E-state index in [1.54, 1.807) is 13.2 Å². The van der Waals surface area contributed by atoms with E-state index in [-0.39, 0.29) is 49.2 Å². The molecule has 200 valence electrons. The summed E-state index contributed by atoms with van der Waals surface area (Å²) >= 11 is 0. The maximum atomic E-state index is 14.6. The van der Waals surface area contributed by atoms with Gasteiger partial charge in [0.1, 0.15) is 11.6 Å². The van der Waals surface area contributed by atoms with E-state index in [1.807, 2.05) is 24.3 Å². The summed E-state index contributed by atoms with van der Waals surface area (Å²) in [5.41, 5.74) is 2.09. The molecule has 12 heteroatoms. The molecule has 2 aromatic heterocycles. The molecule has 4 heterocycles. The van der Waals surface area contributed by atoms with Gasteiger partial charge in [0.05, 0.1) is 30.6 Å². The minimum atomic E-state index is -0.566. The van der Waals surface area contributed by atoms with Crippen LogP contribution >= 0.6 is 24.8 Å². The number of hydrogen-bond donors (Lipinski definition) is 3. The van der Waals surface area contributed by atoms with Gasteiger partial charge >= 0.3 is 0 Å². The molecule has 3 aromatic rings. The monoisotopic (exact) mass is 553 g/mol. The topological polar surface area (TPSA) is 109 Å². The smallest absolute Gasteiger partial charge is 0.263 e. The molecule has 37 heavy (non-hydrogen) atoms. The third-order valence-corrected chi connectivity index (χ3v) is 6.56. The summed E-state index contributed by atoms with van der Waals surface area (Å²) in [6.45, 7) is 2.36. The number of halogens is 3. The number of anilines is 1. The van der Waals surface area contributed by atoms with E-state index < -0.39 is 6.10 Å².